The molecule has 1 rings (SSSR count). The van der Waals surface area contributed by atoms with Gasteiger partial charge in [0.25, 0.3) is 0 Å². The summed E-state index contributed by atoms with van der Waals surface area (Å²) in [6, 6.07) is 5.56. The molecule has 0 amide bonds. The van der Waals surface area contributed by atoms with Crippen LogP contribution in [0.4, 0.5) is 26.3 Å². The van der Waals surface area contributed by atoms with Crippen molar-refractivity contribution < 1.29 is 41.0 Å². The van der Waals surface area contributed by atoms with Crippen molar-refractivity contribution in [1.82, 2.24) is 0 Å². The molecule has 0 radical (unpaired) electrons. The number of rotatable bonds is 3. The molecule has 0 saturated heterocycles. The fourth-order valence-corrected chi connectivity index (χ4v) is 1.72. The van der Waals surface area contributed by atoms with Crippen LogP contribution in [0, 0.1) is 0 Å². The predicted molar refractivity (Wildman–Crippen MR) is 58.8 cm³/mol. The third-order valence-corrected chi connectivity index (χ3v) is 2.84. The largest absolute Gasteiger partial charge is 0.828 e. The number of esters is 1. The van der Waals surface area contributed by atoms with Crippen LogP contribution in [-0.2, 0) is 16.1 Å². The maximum absolute atomic E-state index is 12.3. The molecule has 0 bridgehead atoms. The van der Waals surface area contributed by atoms with E-state index in [4.69, 9.17) is 0 Å². The summed E-state index contributed by atoms with van der Waals surface area (Å²) in [6.45, 7) is -0.894. The maximum atomic E-state index is 12.3. The van der Waals surface area contributed by atoms with Crippen molar-refractivity contribution in [2.75, 3.05) is 0 Å². The van der Waals surface area contributed by atoms with E-state index in [9.17, 15) is 36.2 Å². The summed E-state index contributed by atoms with van der Waals surface area (Å²) >= 11 is 3.01. The Morgan fingerprint density at radius 3 is 2.10 bits per heavy atom. The number of alkyl halides is 6. The molecule has 1 aromatic rings. The lowest BCUT2D eigenvalue weighted by atomic mass is 10.0. The Morgan fingerprint density at radius 2 is 1.67 bits per heavy atom. The van der Waals surface area contributed by atoms with E-state index in [1.54, 1.807) is 0 Å². The van der Waals surface area contributed by atoms with Gasteiger partial charge in [-0.3, -0.25) is 4.79 Å². The zero-order valence-corrected chi connectivity index (χ0v) is 11.5. The van der Waals surface area contributed by atoms with Gasteiger partial charge in [0.1, 0.15) is 6.61 Å². The summed E-state index contributed by atoms with van der Waals surface area (Å²) in [4.78, 5) is 11.0. The normalized spacial score (nSPS) is 13.1. The third-order valence-electron chi connectivity index (χ3n) is 2.34. The second-order valence-electron chi connectivity index (χ2n) is 3.88. The summed E-state index contributed by atoms with van der Waals surface area (Å²) in [5, 5.41) is 11.0. The zero-order chi connectivity index (χ0) is 16.5. The van der Waals surface area contributed by atoms with Crippen LogP contribution in [0.25, 0.3) is 0 Å². The van der Waals surface area contributed by atoms with E-state index in [0.29, 0.717) is 4.47 Å². The molecule has 3 nitrogen and oxygen atoms in total. The van der Waals surface area contributed by atoms with Gasteiger partial charge in [-0.25, -0.2) is 0 Å². The summed E-state index contributed by atoms with van der Waals surface area (Å²) in [5.41, 5.74) is -5.70. The van der Waals surface area contributed by atoms with Crippen molar-refractivity contribution in [2.24, 2.45) is 0 Å². The Morgan fingerprint density at radius 1 is 1.14 bits per heavy atom. The molecule has 118 valence electrons. The van der Waals surface area contributed by atoms with Gasteiger partial charge < -0.3 is 9.84 Å². The molecule has 0 heterocycles. The Bertz CT molecular complexity index is 511. The van der Waals surface area contributed by atoms with E-state index in [1.165, 1.54) is 24.3 Å². The Kier molecular flexibility index (Phi) is 4.94. The van der Waals surface area contributed by atoms with E-state index in [0.717, 1.165) is 0 Å². The first kappa shape index (κ1) is 17.8. The fraction of sp³-hybridized carbons (Fsp3) is 0.364. The highest BCUT2D eigenvalue weighted by Gasteiger charge is 2.68. The quantitative estimate of drug-likeness (QED) is 0.599. The smallest absolute Gasteiger partial charge is 0.399 e. The molecule has 0 aliphatic rings. The van der Waals surface area contributed by atoms with Gasteiger partial charge in [0.2, 0.25) is 0 Å². The van der Waals surface area contributed by atoms with E-state index in [1.807, 2.05) is 0 Å². The average Bonchev–Trinajstić information content (AvgIpc) is 2.32. The molecule has 0 unspecified atom stereocenters. The first-order valence-electron chi connectivity index (χ1n) is 5.15. The molecule has 0 aromatic heterocycles. The van der Waals surface area contributed by atoms with Crippen LogP contribution in [0.2, 0.25) is 0 Å². The Labute approximate surface area is 122 Å². The highest BCUT2D eigenvalue weighted by atomic mass is 79.9. The molecule has 0 fully saturated rings. The molecule has 0 atom stereocenters. The van der Waals surface area contributed by atoms with E-state index in [2.05, 4.69) is 20.7 Å². The van der Waals surface area contributed by atoms with Crippen LogP contribution in [0.5, 0.6) is 0 Å². The van der Waals surface area contributed by atoms with Crippen LogP contribution in [0.15, 0.2) is 28.7 Å². The van der Waals surface area contributed by atoms with Gasteiger partial charge in [-0.2, -0.15) is 26.3 Å². The number of hydrogen-bond donors (Lipinski definition) is 0. The van der Waals surface area contributed by atoms with Crippen LogP contribution < -0.4 is 5.11 Å². The molecule has 0 saturated carbocycles. The van der Waals surface area contributed by atoms with Gasteiger partial charge in [0.15, 0.2) is 5.60 Å². The number of halogens is 7. The highest BCUT2D eigenvalue weighted by Crippen LogP contribution is 2.41. The van der Waals surface area contributed by atoms with Crippen molar-refractivity contribution in [3.05, 3.63) is 34.3 Å². The van der Waals surface area contributed by atoms with Gasteiger partial charge in [-0.1, -0.05) is 28.1 Å². The average molecular weight is 380 g/mol. The maximum Gasteiger partial charge on any atom is 0.399 e. The topological polar surface area (TPSA) is 49.4 Å². The molecule has 1 aromatic carbocycles. The summed E-state index contributed by atoms with van der Waals surface area (Å²) in [5.74, 6) is -2.94. The van der Waals surface area contributed by atoms with Crippen molar-refractivity contribution in [1.29, 1.82) is 0 Å². The van der Waals surface area contributed by atoms with Crippen molar-refractivity contribution >= 4 is 21.9 Å². The minimum Gasteiger partial charge on any atom is -0.828 e. The third kappa shape index (κ3) is 3.67. The van der Waals surface area contributed by atoms with E-state index >= 15 is 0 Å². The second kappa shape index (κ2) is 5.84. The van der Waals surface area contributed by atoms with Gasteiger partial charge in [-0.05, 0) is 17.7 Å². The summed E-state index contributed by atoms with van der Waals surface area (Å²) in [6.07, 6.45) is -12.7. The number of benzene rings is 1. The van der Waals surface area contributed by atoms with Gasteiger partial charge in [0.05, 0.1) is 0 Å². The lowest BCUT2D eigenvalue weighted by Crippen LogP contribution is -2.71. The molecular formula is C11H6BrF6O3-. The number of hydrogen-bond acceptors (Lipinski definition) is 3. The first-order chi connectivity index (χ1) is 9.39. The fourth-order valence-electron chi connectivity index (χ4n) is 1.27. The Balaban J connectivity index is 2.94. The van der Waals surface area contributed by atoms with Crippen molar-refractivity contribution in [3.63, 3.8) is 0 Å². The van der Waals surface area contributed by atoms with Crippen LogP contribution >= 0.6 is 15.9 Å². The van der Waals surface area contributed by atoms with E-state index in [-0.39, 0.29) is 5.56 Å². The number of ether oxygens (including phenoxy) is 1. The van der Waals surface area contributed by atoms with Crippen LogP contribution in [-0.4, -0.2) is 23.9 Å². The Hall–Kier alpha value is -1.29. The minimum absolute atomic E-state index is 0.115. The predicted octanol–water partition coefficient (Wildman–Crippen LogP) is 2.72. The second-order valence-corrected chi connectivity index (χ2v) is 4.80. The van der Waals surface area contributed by atoms with Crippen molar-refractivity contribution in [3.8, 4) is 0 Å². The molecular weight excluding hydrogens is 374 g/mol. The lowest BCUT2D eigenvalue weighted by Gasteiger charge is -2.40. The molecule has 0 aliphatic heterocycles. The summed E-state index contributed by atoms with van der Waals surface area (Å²) < 4.78 is 78.2. The highest BCUT2D eigenvalue weighted by molar-refractivity contribution is 9.10. The minimum atomic E-state index is -6.36. The van der Waals surface area contributed by atoms with Gasteiger partial charge in [0, 0.05) is 4.47 Å². The number of carbonyl (C=O) groups excluding carboxylic acids is 1. The molecule has 10 heteroatoms. The lowest BCUT2D eigenvalue weighted by molar-refractivity contribution is -0.574. The van der Waals surface area contributed by atoms with Crippen LogP contribution in [0.3, 0.4) is 0 Å². The molecule has 21 heavy (non-hydrogen) atoms. The summed E-state index contributed by atoms with van der Waals surface area (Å²) in [7, 11) is 0. The van der Waals surface area contributed by atoms with Crippen LogP contribution in [0.1, 0.15) is 5.56 Å². The standard InChI is InChI=1S/C11H6BrF6O3/c12-7-3-1-2-6(4-7)5-21-8(19)9(20,10(13,14)15)11(16,17)18/h1-4H,5H2/q-1. The molecule has 0 aliphatic carbocycles. The molecule has 0 N–H and O–H groups in total. The number of carbonyl (C=O) groups is 1. The van der Waals surface area contributed by atoms with Gasteiger partial charge >= 0.3 is 18.3 Å². The van der Waals surface area contributed by atoms with E-state index < -0.39 is 30.5 Å². The molecule has 0 spiro atoms. The van der Waals surface area contributed by atoms with Gasteiger partial charge in [-0.15, -0.1) is 0 Å². The first-order valence-corrected chi connectivity index (χ1v) is 5.94. The SMILES string of the molecule is O=C(OCc1cccc(Br)c1)C([O-])(C(F)(F)F)C(F)(F)F. The monoisotopic (exact) mass is 379 g/mol. The zero-order valence-electron chi connectivity index (χ0n) is 9.89. The van der Waals surface area contributed by atoms with Crippen molar-refractivity contribution in [2.45, 2.75) is 24.6 Å².